The van der Waals surface area contributed by atoms with Crippen molar-refractivity contribution in [2.75, 3.05) is 7.11 Å². The van der Waals surface area contributed by atoms with Crippen LogP contribution in [-0.4, -0.2) is 19.1 Å². The highest BCUT2D eigenvalue weighted by molar-refractivity contribution is 5.98. The van der Waals surface area contributed by atoms with Gasteiger partial charge < -0.3 is 10.1 Å². The normalized spacial score (nSPS) is 28.2. The molecule has 1 aromatic carbocycles. The van der Waals surface area contributed by atoms with Crippen LogP contribution in [0, 0.1) is 11.3 Å². The molecule has 1 amide bonds. The van der Waals surface area contributed by atoms with Gasteiger partial charge in [-0.25, -0.2) is 0 Å². The Bertz CT molecular complexity index is 624. The number of fused-ring (bicyclic) bond motifs is 2. The minimum Gasteiger partial charge on any atom is -0.372 e. The Kier molecular flexibility index (Phi) is 3.21. The van der Waals surface area contributed by atoms with Crippen molar-refractivity contribution in [1.82, 2.24) is 5.32 Å². The summed E-state index contributed by atoms with van der Waals surface area (Å²) < 4.78 is 5.81. The lowest BCUT2D eigenvalue weighted by Gasteiger charge is -2.39. The fourth-order valence-corrected chi connectivity index (χ4v) is 3.64. The lowest BCUT2D eigenvalue weighted by atomic mass is 9.75. The number of nitrogens with one attached hydrogen (secondary N) is 1. The maximum atomic E-state index is 12.4. The van der Waals surface area contributed by atoms with Crippen LogP contribution in [-0.2, 0) is 9.53 Å². The topological polar surface area (TPSA) is 38.3 Å². The first-order chi connectivity index (χ1) is 9.86. The fourth-order valence-electron chi connectivity index (χ4n) is 3.64. The average molecular weight is 285 g/mol. The van der Waals surface area contributed by atoms with E-state index in [1.807, 2.05) is 19.1 Å². The van der Waals surface area contributed by atoms with Gasteiger partial charge in [-0.05, 0) is 34.6 Å². The molecule has 112 valence electrons. The molecule has 1 heterocycles. The predicted molar refractivity (Wildman–Crippen MR) is 83.7 cm³/mol. The summed E-state index contributed by atoms with van der Waals surface area (Å²) in [6, 6.07) is 8.30. The van der Waals surface area contributed by atoms with Crippen LogP contribution < -0.4 is 5.32 Å². The van der Waals surface area contributed by atoms with E-state index < -0.39 is 0 Å². The molecule has 0 saturated carbocycles. The number of carbonyl (C=O) groups is 1. The fraction of sp³-hybridized carbons (Fsp3) is 0.500. The van der Waals surface area contributed by atoms with Gasteiger partial charge in [0, 0.05) is 7.11 Å². The van der Waals surface area contributed by atoms with Gasteiger partial charge in [0.25, 0.3) is 0 Å². The Morgan fingerprint density at radius 2 is 1.86 bits per heavy atom. The molecule has 1 aliphatic carbocycles. The van der Waals surface area contributed by atoms with Gasteiger partial charge in [-0.3, -0.25) is 4.79 Å². The zero-order valence-corrected chi connectivity index (χ0v) is 13.4. The van der Waals surface area contributed by atoms with Crippen molar-refractivity contribution < 1.29 is 9.53 Å². The minimum atomic E-state index is -0.125. The van der Waals surface area contributed by atoms with Gasteiger partial charge >= 0.3 is 0 Å². The van der Waals surface area contributed by atoms with Crippen LogP contribution in [0.4, 0.5) is 0 Å². The van der Waals surface area contributed by atoms with Crippen LogP contribution in [0.5, 0.6) is 0 Å². The molecule has 1 aliphatic heterocycles. The van der Waals surface area contributed by atoms with E-state index >= 15 is 0 Å². The van der Waals surface area contributed by atoms with Crippen molar-refractivity contribution >= 4 is 11.5 Å². The first kappa shape index (κ1) is 14.3. The summed E-state index contributed by atoms with van der Waals surface area (Å²) >= 11 is 0. The van der Waals surface area contributed by atoms with Crippen LogP contribution in [0.25, 0.3) is 5.57 Å². The number of carbonyl (C=O) groups excluding carboxylic acids is 1. The van der Waals surface area contributed by atoms with Gasteiger partial charge in [-0.2, -0.15) is 0 Å². The molecule has 1 N–H and O–H groups in total. The number of ether oxygens (including phenoxy) is 1. The summed E-state index contributed by atoms with van der Waals surface area (Å²) in [5.74, 6) is -0.0138. The van der Waals surface area contributed by atoms with E-state index in [2.05, 4.69) is 38.2 Å². The van der Waals surface area contributed by atoms with Crippen molar-refractivity contribution in [3.63, 3.8) is 0 Å². The number of methoxy groups -OCH3 is 1. The van der Waals surface area contributed by atoms with E-state index in [1.54, 1.807) is 7.11 Å². The van der Waals surface area contributed by atoms with Crippen LogP contribution in [0.1, 0.15) is 44.9 Å². The SMILES string of the molecule is COC1C2=C(c3ccccc31)C(C)C(=O)NC2C(C)(C)C. The molecule has 3 nitrogen and oxygen atoms in total. The van der Waals surface area contributed by atoms with Crippen molar-refractivity contribution in [3.05, 3.63) is 41.0 Å². The highest BCUT2D eigenvalue weighted by atomic mass is 16.5. The highest BCUT2D eigenvalue weighted by Crippen LogP contribution is 2.51. The van der Waals surface area contributed by atoms with E-state index in [4.69, 9.17) is 4.74 Å². The molecule has 21 heavy (non-hydrogen) atoms. The molecule has 1 aromatic rings. The first-order valence-corrected chi connectivity index (χ1v) is 7.52. The van der Waals surface area contributed by atoms with Gasteiger partial charge in [-0.1, -0.05) is 45.0 Å². The van der Waals surface area contributed by atoms with Crippen molar-refractivity contribution in [2.45, 2.75) is 39.8 Å². The molecule has 3 unspecified atom stereocenters. The quantitative estimate of drug-likeness (QED) is 0.859. The molecule has 0 fully saturated rings. The summed E-state index contributed by atoms with van der Waals surface area (Å²) in [4.78, 5) is 12.4. The summed E-state index contributed by atoms with van der Waals surface area (Å²) in [7, 11) is 1.75. The summed E-state index contributed by atoms with van der Waals surface area (Å²) in [6.45, 7) is 8.47. The lowest BCUT2D eigenvalue weighted by Crippen LogP contribution is -2.51. The summed E-state index contributed by atoms with van der Waals surface area (Å²) in [5.41, 5.74) is 4.72. The number of rotatable bonds is 1. The number of amides is 1. The van der Waals surface area contributed by atoms with Crippen molar-refractivity contribution in [1.29, 1.82) is 0 Å². The molecule has 0 saturated heterocycles. The van der Waals surface area contributed by atoms with E-state index in [9.17, 15) is 4.79 Å². The molecule has 2 aliphatic rings. The van der Waals surface area contributed by atoms with Gasteiger partial charge in [0.15, 0.2) is 0 Å². The molecule has 3 heteroatoms. The number of hydrogen-bond donors (Lipinski definition) is 1. The van der Waals surface area contributed by atoms with Crippen molar-refractivity contribution in [3.8, 4) is 0 Å². The van der Waals surface area contributed by atoms with Gasteiger partial charge in [0.05, 0.1) is 12.0 Å². The Morgan fingerprint density at radius 1 is 1.19 bits per heavy atom. The predicted octanol–water partition coefficient (Wildman–Crippen LogP) is 3.32. The Morgan fingerprint density at radius 3 is 2.48 bits per heavy atom. The first-order valence-electron chi connectivity index (χ1n) is 7.52. The number of benzene rings is 1. The van der Waals surface area contributed by atoms with E-state index in [1.165, 1.54) is 22.3 Å². The van der Waals surface area contributed by atoms with Gasteiger partial charge in [-0.15, -0.1) is 0 Å². The monoisotopic (exact) mass is 285 g/mol. The molecule has 3 rings (SSSR count). The second-order valence-electron chi connectivity index (χ2n) is 7.10. The third-order valence-corrected chi connectivity index (χ3v) is 4.65. The third-order valence-electron chi connectivity index (χ3n) is 4.65. The zero-order valence-electron chi connectivity index (χ0n) is 13.4. The van der Waals surface area contributed by atoms with Crippen molar-refractivity contribution in [2.24, 2.45) is 11.3 Å². The molecule has 0 spiro atoms. The Hall–Kier alpha value is -1.61. The standard InChI is InChI=1S/C18H23NO2/c1-10-13-11-8-6-7-9-12(11)15(21-5)14(13)16(18(2,3)4)19-17(10)20/h6-10,15-16H,1-5H3,(H,19,20). The molecular formula is C18H23NO2. The van der Waals surface area contributed by atoms with E-state index in [0.29, 0.717) is 0 Å². The highest BCUT2D eigenvalue weighted by Gasteiger charge is 2.46. The zero-order chi connectivity index (χ0) is 15.4. The van der Waals surface area contributed by atoms with Gasteiger partial charge in [0.1, 0.15) is 6.10 Å². The molecular weight excluding hydrogens is 262 g/mol. The number of hydrogen-bond acceptors (Lipinski definition) is 2. The molecule has 0 aromatic heterocycles. The molecule has 3 atom stereocenters. The smallest absolute Gasteiger partial charge is 0.227 e. The van der Waals surface area contributed by atoms with E-state index in [-0.39, 0.29) is 29.4 Å². The third kappa shape index (κ3) is 2.03. The van der Waals surface area contributed by atoms with Gasteiger partial charge in [0.2, 0.25) is 5.91 Å². The van der Waals surface area contributed by atoms with Crippen LogP contribution in [0.3, 0.4) is 0 Å². The summed E-state index contributed by atoms with van der Waals surface area (Å²) in [5, 5.41) is 3.20. The maximum Gasteiger partial charge on any atom is 0.227 e. The van der Waals surface area contributed by atoms with Crippen LogP contribution in [0.2, 0.25) is 0 Å². The second kappa shape index (κ2) is 4.70. The van der Waals surface area contributed by atoms with Crippen LogP contribution in [0.15, 0.2) is 29.8 Å². The van der Waals surface area contributed by atoms with Crippen LogP contribution >= 0.6 is 0 Å². The largest absolute Gasteiger partial charge is 0.372 e. The Labute approximate surface area is 126 Å². The molecule has 0 bridgehead atoms. The minimum absolute atomic E-state index is 0.00792. The second-order valence-corrected chi connectivity index (χ2v) is 7.10. The Balaban J connectivity index is 2.24. The molecule has 0 radical (unpaired) electrons. The maximum absolute atomic E-state index is 12.4. The summed E-state index contributed by atoms with van der Waals surface area (Å²) in [6.07, 6.45) is -0.0523. The lowest BCUT2D eigenvalue weighted by molar-refractivity contribution is -0.124. The van der Waals surface area contributed by atoms with E-state index in [0.717, 1.165) is 0 Å². The average Bonchev–Trinajstić information content (AvgIpc) is 2.76.